The van der Waals surface area contributed by atoms with Crippen molar-refractivity contribution in [2.75, 3.05) is 0 Å². The molecular formula is C7H11F6NO2S. The highest BCUT2D eigenvalue weighted by atomic mass is 32.2. The van der Waals surface area contributed by atoms with E-state index in [2.05, 4.69) is 0 Å². The van der Waals surface area contributed by atoms with Crippen molar-refractivity contribution in [2.24, 2.45) is 5.92 Å². The quantitative estimate of drug-likeness (QED) is 0.807. The second-order valence-electron chi connectivity index (χ2n) is 3.41. The van der Waals surface area contributed by atoms with Gasteiger partial charge in [-0.2, -0.15) is 26.3 Å². The van der Waals surface area contributed by atoms with Crippen molar-refractivity contribution in [1.82, 2.24) is 4.72 Å². The fourth-order valence-electron chi connectivity index (χ4n) is 1.26. The zero-order valence-corrected chi connectivity index (χ0v) is 9.67. The van der Waals surface area contributed by atoms with Crippen LogP contribution in [0.1, 0.15) is 20.3 Å². The van der Waals surface area contributed by atoms with Gasteiger partial charge in [0.15, 0.2) is 0 Å². The molecule has 0 aromatic heterocycles. The van der Waals surface area contributed by atoms with E-state index in [0.29, 0.717) is 0 Å². The molecule has 0 aromatic carbocycles. The van der Waals surface area contributed by atoms with Crippen LogP contribution in [0.5, 0.6) is 0 Å². The van der Waals surface area contributed by atoms with Crippen LogP contribution < -0.4 is 4.72 Å². The first-order valence-corrected chi connectivity index (χ1v) is 5.96. The standard InChI is InChI=1S/C7H11F6NO2S/c1-3-5(6(8,9)10)4(2)14-17(15,16)7(11,12)13/h4-5,14H,3H2,1-2H3. The normalized spacial score (nSPS) is 17.9. The van der Waals surface area contributed by atoms with E-state index in [9.17, 15) is 34.8 Å². The first-order chi connectivity index (χ1) is 7.33. The second-order valence-corrected chi connectivity index (χ2v) is 5.12. The van der Waals surface area contributed by atoms with Crippen LogP contribution in [-0.2, 0) is 10.0 Å². The fraction of sp³-hybridized carbons (Fsp3) is 1.00. The number of alkyl halides is 6. The van der Waals surface area contributed by atoms with Gasteiger partial charge < -0.3 is 0 Å². The van der Waals surface area contributed by atoms with Gasteiger partial charge in [-0.1, -0.05) is 6.92 Å². The van der Waals surface area contributed by atoms with Crippen LogP contribution in [0.3, 0.4) is 0 Å². The first-order valence-electron chi connectivity index (χ1n) is 4.48. The summed E-state index contributed by atoms with van der Waals surface area (Å²) < 4.78 is 95.0. The van der Waals surface area contributed by atoms with Crippen LogP contribution in [0.2, 0.25) is 0 Å². The minimum atomic E-state index is -5.76. The van der Waals surface area contributed by atoms with E-state index < -0.39 is 40.1 Å². The average molecular weight is 287 g/mol. The fourth-order valence-corrected chi connectivity index (χ4v) is 2.05. The lowest BCUT2D eigenvalue weighted by atomic mass is 9.99. The largest absolute Gasteiger partial charge is 0.511 e. The Hall–Kier alpha value is -0.510. The summed E-state index contributed by atoms with van der Waals surface area (Å²) in [6.45, 7) is 1.85. The summed E-state index contributed by atoms with van der Waals surface area (Å²) in [7, 11) is -5.76. The molecule has 17 heavy (non-hydrogen) atoms. The topological polar surface area (TPSA) is 46.2 Å². The van der Waals surface area contributed by atoms with Gasteiger partial charge in [-0.05, 0) is 13.3 Å². The predicted molar refractivity (Wildman–Crippen MR) is 47.4 cm³/mol. The molecule has 0 spiro atoms. The third kappa shape index (κ3) is 4.34. The summed E-state index contributed by atoms with van der Waals surface area (Å²) in [5, 5.41) is 0. The van der Waals surface area contributed by atoms with Gasteiger partial charge in [0, 0.05) is 6.04 Å². The Morgan fingerprint density at radius 3 is 1.76 bits per heavy atom. The summed E-state index contributed by atoms with van der Waals surface area (Å²) in [5.41, 5.74) is -5.62. The van der Waals surface area contributed by atoms with Crippen LogP contribution >= 0.6 is 0 Å². The number of nitrogens with one attached hydrogen (secondary N) is 1. The average Bonchev–Trinajstić information content (AvgIpc) is 1.98. The highest BCUT2D eigenvalue weighted by molar-refractivity contribution is 7.90. The van der Waals surface area contributed by atoms with E-state index in [4.69, 9.17) is 0 Å². The van der Waals surface area contributed by atoms with E-state index in [0.717, 1.165) is 18.6 Å². The molecule has 0 aliphatic rings. The Balaban J connectivity index is 4.93. The van der Waals surface area contributed by atoms with Gasteiger partial charge >= 0.3 is 21.7 Å². The molecule has 0 aliphatic carbocycles. The summed E-state index contributed by atoms with van der Waals surface area (Å²) in [5.74, 6) is -2.17. The molecule has 0 heterocycles. The van der Waals surface area contributed by atoms with Crippen molar-refractivity contribution in [3.05, 3.63) is 0 Å². The molecular weight excluding hydrogens is 276 g/mol. The second kappa shape index (κ2) is 5.01. The summed E-state index contributed by atoms with van der Waals surface area (Å²) >= 11 is 0. The SMILES string of the molecule is CCC(C(C)NS(=O)(=O)C(F)(F)F)C(F)(F)F. The predicted octanol–water partition coefficient (Wildman–Crippen LogP) is 2.40. The van der Waals surface area contributed by atoms with Crippen molar-refractivity contribution in [2.45, 2.75) is 38.0 Å². The minimum absolute atomic E-state index is 0.523. The van der Waals surface area contributed by atoms with Gasteiger partial charge in [0.05, 0.1) is 5.92 Å². The molecule has 0 bridgehead atoms. The molecule has 0 saturated carbocycles. The van der Waals surface area contributed by atoms with Crippen molar-refractivity contribution in [3.63, 3.8) is 0 Å². The van der Waals surface area contributed by atoms with Gasteiger partial charge in [0.1, 0.15) is 0 Å². The van der Waals surface area contributed by atoms with Crippen molar-refractivity contribution < 1.29 is 34.8 Å². The minimum Gasteiger partial charge on any atom is -0.204 e. The Kier molecular flexibility index (Phi) is 4.86. The lowest BCUT2D eigenvalue weighted by molar-refractivity contribution is -0.180. The van der Waals surface area contributed by atoms with Crippen molar-refractivity contribution >= 4 is 10.0 Å². The molecule has 0 saturated heterocycles. The Morgan fingerprint density at radius 1 is 1.12 bits per heavy atom. The lowest BCUT2D eigenvalue weighted by Crippen LogP contribution is -2.48. The molecule has 0 aromatic rings. The third-order valence-electron chi connectivity index (χ3n) is 2.11. The van der Waals surface area contributed by atoms with Gasteiger partial charge in [0.25, 0.3) is 0 Å². The zero-order chi connectivity index (χ0) is 14.1. The Bertz CT molecular complexity index is 346. The van der Waals surface area contributed by atoms with Crippen LogP contribution in [0.4, 0.5) is 26.3 Å². The van der Waals surface area contributed by atoms with E-state index in [-0.39, 0.29) is 0 Å². The molecule has 3 nitrogen and oxygen atoms in total. The van der Waals surface area contributed by atoms with Crippen LogP contribution in [0.25, 0.3) is 0 Å². The molecule has 0 aliphatic heterocycles. The summed E-state index contributed by atoms with van der Waals surface area (Å²) in [6.07, 6.45) is -5.28. The molecule has 0 amide bonds. The van der Waals surface area contributed by atoms with Crippen molar-refractivity contribution in [1.29, 1.82) is 0 Å². The molecule has 0 rings (SSSR count). The molecule has 0 fully saturated rings. The summed E-state index contributed by atoms with van der Waals surface area (Å²) in [4.78, 5) is 0. The Morgan fingerprint density at radius 2 is 1.53 bits per heavy atom. The highest BCUT2D eigenvalue weighted by Crippen LogP contribution is 2.32. The molecule has 2 atom stereocenters. The number of rotatable bonds is 4. The number of halogens is 6. The first kappa shape index (κ1) is 16.5. The van der Waals surface area contributed by atoms with Gasteiger partial charge in [0.2, 0.25) is 0 Å². The van der Waals surface area contributed by atoms with Crippen LogP contribution in [-0.4, -0.2) is 26.1 Å². The monoisotopic (exact) mass is 287 g/mol. The van der Waals surface area contributed by atoms with E-state index in [1.807, 2.05) is 0 Å². The molecule has 10 heteroatoms. The smallest absolute Gasteiger partial charge is 0.204 e. The van der Waals surface area contributed by atoms with Crippen LogP contribution in [0.15, 0.2) is 0 Å². The Labute approximate surface area is 94.2 Å². The highest BCUT2D eigenvalue weighted by Gasteiger charge is 2.49. The van der Waals surface area contributed by atoms with Gasteiger partial charge in [-0.25, -0.2) is 13.1 Å². The molecule has 104 valence electrons. The number of sulfonamides is 1. The molecule has 2 unspecified atom stereocenters. The van der Waals surface area contributed by atoms with Gasteiger partial charge in [-0.15, -0.1) is 0 Å². The lowest BCUT2D eigenvalue weighted by Gasteiger charge is -2.26. The van der Waals surface area contributed by atoms with Gasteiger partial charge in [-0.3, -0.25) is 0 Å². The van der Waals surface area contributed by atoms with E-state index >= 15 is 0 Å². The molecule has 1 N–H and O–H groups in total. The number of hydrogen-bond donors (Lipinski definition) is 1. The maximum atomic E-state index is 12.3. The molecule has 0 radical (unpaired) electrons. The third-order valence-corrected chi connectivity index (χ3v) is 3.40. The summed E-state index contributed by atoms with van der Waals surface area (Å²) in [6, 6.07) is -1.88. The van der Waals surface area contributed by atoms with E-state index in [1.54, 1.807) is 0 Å². The maximum absolute atomic E-state index is 12.3. The van der Waals surface area contributed by atoms with Crippen molar-refractivity contribution in [3.8, 4) is 0 Å². The van der Waals surface area contributed by atoms with E-state index in [1.165, 1.54) is 0 Å². The number of hydrogen-bond acceptors (Lipinski definition) is 2. The zero-order valence-electron chi connectivity index (χ0n) is 8.85. The maximum Gasteiger partial charge on any atom is 0.511 e. The van der Waals surface area contributed by atoms with Crippen LogP contribution in [0, 0.1) is 5.92 Å².